The first-order valence-electron chi connectivity index (χ1n) is 10.7. The highest BCUT2D eigenvalue weighted by Gasteiger charge is 2.47. The van der Waals surface area contributed by atoms with Crippen molar-refractivity contribution in [1.29, 1.82) is 0 Å². The molecule has 0 atom stereocenters. The van der Waals surface area contributed by atoms with Crippen LogP contribution in [-0.2, 0) is 25.1 Å². The Kier molecular flexibility index (Phi) is 5.27. The number of sulfonamides is 1. The number of nitrogens with zero attached hydrogens (tertiary/aromatic N) is 2. The zero-order valence-corrected chi connectivity index (χ0v) is 18.3. The molecule has 0 aromatic heterocycles. The first kappa shape index (κ1) is 21.1. The highest BCUT2D eigenvalue weighted by molar-refractivity contribution is 7.89. The number of benzene rings is 2. The lowest BCUT2D eigenvalue weighted by Gasteiger charge is -2.38. The van der Waals surface area contributed by atoms with E-state index >= 15 is 0 Å². The zero-order valence-electron chi connectivity index (χ0n) is 17.5. The number of hydrogen-bond acceptors (Lipinski definition) is 6. The van der Waals surface area contributed by atoms with E-state index in [4.69, 9.17) is 9.47 Å². The summed E-state index contributed by atoms with van der Waals surface area (Å²) in [6, 6.07) is 13.5. The zero-order chi connectivity index (χ0) is 22.3. The van der Waals surface area contributed by atoms with E-state index in [1.807, 2.05) is 18.2 Å². The van der Waals surface area contributed by atoms with Crippen LogP contribution in [0.4, 0.5) is 0 Å². The molecule has 168 valence electrons. The average Bonchev–Trinajstić information content (AvgIpc) is 3.11. The maximum absolute atomic E-state index is 13.0. The second-order valence-electron chi connectivity index (χ2n) is 8.26. The Bertz CT molecular complexity index is 1150. The monoisotopic (exact) mass is 456 g/mol. The van der Waals surface area contributed by atoms with Crippen molar-refractivity contribution in [3.63, 3.8) is 0 Å². The standard InChI is InChI=1S/C23H24N2O6S/c26-21(17-5-7-18(8-6-17)32(28,29)25-13-15-30-16-14-25)24-11-9-23(10-12-24)20-4-2-1-3-19(20)22(27)31-23/h1-8H,9-16H2. The lowest BCUT2D eigenvalue weighted by Crippen LogP contribution is -2.45. The molecule has 5 rings (SSSR count). The average molecular weight is 457 g/mol. The molecule has 0 saturated carbocycles. The summed E-state index contributed by atoms with van der Waals surface area (Å²) >= 11 is 0. The van der Waals surface area contributed by atoms with Crippen LogP contribution in [0.15, 0.2) is 53.4 Å². The second kappa shape index (κ2) is 7.99. The van der Waals surface area contributed by atoms with Gasteiger partial charge in [-0.05, 0) is 30.3 Å². The number of hydrogen-bond donors (Lipinski definition) is 0. The van der Waals surface area contributed by atoms with Crippen LogP contribution in [0, 0.1) is 0 Å². The molecule has 0 bridgehead atoms. The second-order valence-corrected chi connectivity index (χ2v) is 10.2. The maximum Gasteiger partial charge on any atom is 0.339 e. The Hall–Kier alpha value is -2.75. The number of rotatable bonds is 3. The van der Waals surface area contributed by atoms with Crippen LogP contribution in [0.5, 0.6) is 0 Å². The van der Waals surface area contributed by atoms with Crippen molar-refractivity contribution < 1.29 is 27.5 Å². The summed E-state index contributed by atoms with van der Waals surface area (Å²) in [6.45, 7) is 2.32. The Morgan fingerprint density at radius 3 is 2.25 bits per heavy atom. The third-order valence-corrected chi connectivity index (χ3v) is 8.41. The topological polar surface area (TPSA) is 93.2 Å². The molecule has 0 aliphatic carbocycles. The molecule has 3 aliphatic rings. The number of piperidine rings is 1. The van der Waals surface area contributed by atoms with Gasteiger partial charge in [0.15, 0.2) is 0 Å². The van der Waals surface area contributed by atoms with Gasteiger partial charge in [-0.25, -0.2) is 13.2 Å². The first-order valence-corrected chi connectivity index (χ1v) is 12.1. The number of amides is 1. The number of ether oxygens (including phenoxy) is 2. The van der Waals surface area contributed by atoms with Gasteiger partial charge in [0.1, 0.15) is 5.60 Å². The summed E-state index contributed by atoms with van der Waals surface area (Å²) < 4.78 is 37.9. The van der Waals surface area contributed by atoms with Crippen LogP contribution >= 0.6 is 0 Å². The fourth-order valence-electron chi connectivity index (χ4n) is 4.68. The van der Waals surface area contributed by atoms with Crippen LogP contribution in [0.3, 0.4) is 0 Å². The minimum Gasteiger partial charge on any atom is -0.450 e. The third kappa shape index (κ3) is 3.50. The fraction of sp³-hybridized carbons (Fsp3) is 0.391. The molecule has 0 unspecified atom stereocenters. The van der Waals surface area contributed by atoms with Gasteiger partial charge in [-0.1, -0.05) is 18.2 Å². The summed E-state index contributed by atoms with van der Waals surface area (Å²) in [5.41, 5.74) is 1.27. The van der Waals surface area contributed by atoms with E-state index in [0.717, 1.165) is 5.56 Å². The Morgan fingerprint density at radius 1 is 0.906 bits per heavy atom. The van der Waals surface area contributed by atoms with E-state index in [0.29, 0.717) is 63.4 Å². The largest absolute Gasteiger partial charge is 0.450 e. The number of carbonyl (C=O) groups excluding carboxylic acids is 2. The minimum atomic E-state index is -3.60. The summed E-state index contributed by atoms with van der Waals surface area (Å²) in [5, 5.41) is 0. The Labute approximate surface area is 186 Å². The molecule has 0 N–H and O–H groups in total. The Balaban J connectivity index is 1.28. The van der Waals surface area contributed by atoms with Gasteiger partial charge in [-0.15, -0.1) is 0 Å². The van der Waals surface area contributed by atoms with E-state index < -0.39 is 15.6 Å². The van der Waals surface area contributed by atoms with E-state index in [1.54, 1.807) is 23.1 Å². The molecule has 2 aromatic rings. The SMILES string of the molecule is O=C1OC2(CCN(C(=O)c3ccc(S(=O)(=O)N4CCOCC4)cc3)CC2)c2ccccc21. The molecule has 1 spiro atoms. The van der Waals surface area contributed by atoms with Gasteiger partial charge in [0.2, 0.25) is 10.0 Å². The molecule has 3 aliphatic heterocycles. The Morgan fingerprint density at radius 2 is 1.56 bits per heavy atom. The molecular weight excluding hydrogens is 432 g/mol. The van der Waals surface area contributed by atoms with Crippen molar-refractivity contribution in [2.45, 2.75) is 23.3 Å². The predicted octanol–water partition coefficient (Wildman–Crippen LogP) is 2.01. The van der Waals surface area contributed by atoms with Crippen LogP contribution in [0.1, 0.15) is 39.1 Å². The predicted molar refractivity (Wildman–Crippen MR) is 115 cm³/mol. The van der Waals surface area contributed by atoms with Crippen molar-refractivity contribution in [3.05, 3.63) is 65.2 Å². The molecule has 2 aromatic carbocycles. The number of carbonyl (C=O) groups is 2. The normalized spacial score (nSPS) is 20.8. The van der Waals surface area contributed by atoms with Crippen molar-refractivity contribution >= 4 is 21.9 Å². The summed E-state index contributed by atoms with van der Waals surface area (Å²) in [4.78, 5) is 27.2. The van der Waals surface area contributed by atoms with E-state index in [9.17, 15) is 18.0 Å². The molecule has 8 nitrogen and oxygen atoms in total. The van der Waals surface area contributed by atoms with E-state index in [2.05, 4.69) is 0 Å². The summed E-state index contributed by atoms with van der Waals surface area (Å²) in [5.74, 6) is -0.467. The fourth-order valence-corrected chi connectivity index (χ4v) is 6.08. The minimum absolute atomic E-state index is 0.159. The van der Waals surface area contributed by atoms with Crippen LogP contribution in [0.25, 0.3) is 0 Å². The molecule has 2 fully saturated rings. The summed E-state index contributed by atoms with van der Waals surface area (Å²) in [7, 11) is -3.60. The lowest BCUT2D eigenvalue weighted by molar-refractivity contribution is -0.0389. The van der Waals surface area contributed by atoms with Gasteiger partial charge in [0.25, 0.3) is 5.91 Å². The van der Waals surface area contributed by atoms with Gasteiger partial charge in [0, 0.05) is 50.1 Å². The summed E-state index contributed by atoms with van der Waals surface area (Å²) in [6.07, 6.45) is 1.07. The quantitative estimate of drug-likeness (QED) is 0.656. The number of esters is 1. The number of morpholine rings is 1. The smallest absolute Gasteiger partial charge is 0.339 e. The van der Waals surface area contributed by atoms with Crippen LogP contribution in [0.2, 0.25) is 0 Å². The first-order chi connectivity index (χ1) is 15.4. The van der Waals surface area contributed by atoms with Gasteiger partial charge in [0.05, 0.1) is 23.7 Å². The molecule has 0 radical (unpaired) electrons. The van der Waals surface area contributed by atoms with Gasteiger partial charge in [-0.2, -0.15) is 4.31 Å². The molecule has 9 heteroatoms. The number of fused-ring (bicyclic) bond motifs is 2. The van der Waals surface area contributed by atoms with E-state index in [-0.39, 0.29) is 16.8 Å². The van der Waals surface area contributed by atoms with Crippen LogP contribution in [-0.4, -0.2) is 68.9 Å². The van der Waals surface area contributed by atoms with Crippen molar-refractivity contribution in [3.8, 4) is 0 Å². The molecule has 1 amide bonds. The third-order valence-electron chi connectivity index (χ3n) is 6.49. The van der Waals surface area contributed by atoms with Gasteiger partial charge in [-0.3, -0.25) is 4.79 Å². The molecule has 3 heterocycles. The van der Waals surface area contributed by atoms with E-state index in [1.165, 1.54) is 16.4 Å². The maximum atomic E-state index is 13.0. The van der Waals surface area contributed by atoms with Crippen molar-refractivity contribution in [2.75, 3.05) is 39.4 Å². The van der Waals surface area contributed by atoms with Gasteiger partial charge >= 0.3 is 5.97 Å². The highest BCUT2D eigenvalue weighted by Crippen LogP contribution is 2.44. The molecule has 32 heavy (non-hydrogen) atoms. The van der Waals surface area contributed by atoms with Crippen LogP contribution < -0.4 is 0 Å². The lowest BCUT2D eigenvalue weighted by atomic mass is 9.83. The van der Waals surface area contributed by atoms with Gasteiger partial charge < -0.3 is 14.4 Å². The molecule has 2 saturated heterocycles. The highest BCUT2D eigenvalue weighted by atomic mass is 32.2. The molecular formula is C23H24N2O6S. The van der Waals surface area contributed by atoms with Crippen molar-refractivity contribution in [2.24, 2.45) is 0 Å². The van der Waals surface area contributed by atoms with Crippen molar-refractivity contribution in [1.82, 2.24) is 9.21 Å². The number of likely N-dealkylation sites (tertiary alicyclic amines) is 1.